The SMILES string of the molecule is COc1ccc(CCNC(=O)CNC2CC2)cc1F. The van der Waals surface area contributed by atoms with Crippen LogP contribution in [0.2, 0.25) is 0 Å². The first-order valence-corrected chi connectivity index (χ1v) is 6.51. The summed E-state index contributed by atoms with van der Waals surface area (Å²) >= 11 is 0. The van der Waals surface area contributed by atoms with Gasteiger partial charge in [-0.15, -0.1) is 0 Å². The number of rotatable bonds is 7. The molecule has 5 heteroatoms. The minimum atomic E-state index is -0.373. The van der Waals surface area contributed by atoms with Gasteiger partial charge in [0.05, 0.1) is 13.7 Å². The van der Waals surface area contributed by atoms with Gasteiger partial charge in [-0.1, -0.05) is 6.07 Å². The highest BCUT2D eigenvalue weighted by molar-refractivity contribution is 5.78. The highest BCUT2D eigenvalue weighted by atomic mass is 19.1. The number of hydrogen-bond donors (Lipinski definition) is 2. The Morgan fingerprint density at radius 3 is 2.89 bits per heavy atom. The monoisotopic (exact) mass is 266 g/mol. The maximum absolute atomic E-state index is 13.4. The van der Waals surface area contributed by atoms with Gasteiger partial charge in [0, 0.05) is 12.6 Å². The summed E-state index contributed by atoms with van der Waals surface area (Å²) in [4.78, 5) is 11.5. The molecule has 4 nitrogen and oxygen atoms in total. The average molecular weight is 266 g/mol. The molecular formula is C14H19FN2O2. The smallest absolute Gasteiger partial charge is 0.233 e. The zero-order valence-corrected chi connectivity index (χ0v) is 11.0. The molecule has 2 N–H and O–H groups in total. The number of methoxy groups -OCH3 is 1. The molecule has 0 heterocycles. The van der Waals surface area contributed by atoms with E-state index in [9.17, 15) is 9.18 Å². The van der Waals surface area contributed by atoms with Crippen molar-refractivity contribution in [3.63, 3.8) is 0 Å². The molecular weight excluding hydrogens is 247 g/mol. The van der Waals surface area contributed by atoms with Crippen molar-refractivity contribution in [2.24, 2.45) is 0 Å². The normalized spacial score (nSPS) is 14.2. The predicted octanol–water partition coefficient (Wildman–Crippen LogP) is 1.24. The number of amides is 1. The van der Waals surface area contributed by atoms with Gasteiger partial charge in [0.1, 0.15) is 0 Å². The van der Waals surface area contributed by atoms with Crippen LogP contribution in [0.15, 0.2) is 18.2 Å². The number of hydrogen-bond acceptors (Lipinski definition) is 3. The third-order valence-corrected chi connectivity index (χ3v) is 3.08. The lowest BCUT2D eigenvalue weighted by Gasteiger charge is -2.07. The zero-order valence-electron chi connectivity index (χ0n) is 11.0. The third-order valence-electron chi connectivity index (χ3n) is 3.08. The molecule has 0 bridgehead atoms. The van der Waals surface area contributed by atoms with Crippen molar-refractivity contribution in [2.45, 2.75) is 25.3 Å². The van der Waals surface area contributed by atoms with Gasteiger partial charge in [-0.25, -0.2) is 4.39 Å². The molecule has 2 rings (SSSR count). The lowest BCUT2D eigenvalue weighted by atomic mass is 10.1. The predicted molar refractivity (Wildman–Crippen MR) is 70.7 cm³/mol. The summed E-state index contributed by atoms with van der Waals surface area (Å²) in [5, 5.41) is 5.95. The van der Waals surface area contributed by atoms with Crippen LogP contribution in [0.1, 0.15) is 18.4 Å². The quantitative estimate of drug-likeness (QED) is 0.781. The van der Waals surface area contributed by atoms with Crippen molar-refractivity contribution in [2.75, 3.05) is 20.2 Å². The molecule has 0 unspecified atom stereocenters. The Morgan fingerprint density at radius 1 is 1.47 bits per heavy atom. The summed E-state index contributed by atoms with van der Waals surface area (Å²) in [5.41, 5.74) is 0.841. The topological polar surface area (TPSA) is 50.4 Å². The van der Waals surface area contributed by atoms with Crippen molar-refractivity contribution in [1.82, 2.24) is 10.6 Å². The van der Waals surface area contributed by atoms with Crippen LogP contribution in [0.5, 0.6) is 5.75 Å². The second-order valence-corrected chi connectivity index (χ2v) is 4.72. The maximum Gasteiger partial charge on any atom is 0.233 e. The molecule has 0 spiro atoms. The summed E-state index contributed by atoms with van der Waals surface area (Å²) in [7, 11) is 1.44. The molecule has 0 aliphatic heterocycles. The van der Waals surface area contributed by atoms with E-state index in [1.54, 1.807) is 12.1 Å². The molecule has 1 fully saturated rings. The fourth-order valence-corrected chi connectivity index (χ4v) is 1.80. The van der Waals surface area contributed by atoms with Gasteiger partial charge in [0.2, 0.25) is 5.91 Å². The van der Waals surface area contributed by atoms with Crippen LogP contribution in [-0.2, 0) is 11.2 Å². The van der Waals surface area contributed by atoms with E-state index in [0.29, 0.717) is 25.6 Å². The number of nitrogens with one attached hydrogen (secondary N) is 2. The van der Waals surface area contributed by atoms with E-state index in [0.717, 1.165) is 5.56 Å². The molecule has 1 aromatic carbocycles. The maximum atomic E-state index is 13.4. The highest BCUT2D eigenvalue weighted by Gasteiger charge is 2.20. The van der Waals surface area contributed by atoms with Gasteiger partial charge in [-0.05, 0) is 37.0 Å². The Balaban J connectivity index is 1.69. The van der Waals surface area contributed by atoms with E-state index in [4.69, 9.17) is 4.74 Å². The molecule has 1 amide bonds. The second kappa shape index (κ2) is 6.52. The second-order valence-electron chi connectivity index (χ2n) is 4.72. The van der Waals surface area contributed by atoms with Crippen LogP contribution >= 0.6 is 0 Å². The summed E-state index contributed by atoms with van der Waals surface area (Å²) in [5.74, 6) is -0.149. The Labute approximate surface area is 112 Å². The minimum absolute atomic E-state index is 0.0131. The molecule has 1 aliphatic carbocycles. The van der Waals surface area contributed by atoms with E-state index in [-0.39, 0.29) is 17.5 Å². The van der Waals surface area contributed by atoms with E-state index in [1.165, 1.54) is 26.0 Å². The first-order valence-electron chi connectivity index (χ1n) is 6.51. The van der Waals surface area contributed by atoms with Crippen LogP contribution in [0, 0.1) is 5.82 Å². The Bertz CT molecular complexity index is 447. The van der Waals surface area contributed by atoms with E-state index in [1.807, 2.05) is 0 Å². The van der Waals surface area contributed by atoms with Gasteiger partial charge in [0.15, 0.2) is 11.6 Å². The van der Waals surface area contributed by atoms with Gasteiger partial charge >= 0.3 is 0 Å². The van der Waals surface area contributed by atoms with Crippen molar-refractivity contribution < 1.29 is 13.9 Å². The number of ether oxygens (including phenoxy) is 1. The highest BCUT2D eigenvalue weighted by Crippen LogP contribution is 2.18. The Hall–Kier alpha value is -1.62. The summed E-state index contributed by atoms with van der Waals surface area (Å²) in [6.07, 6.45) is 2.94. The van der Waals surface area contributed by atoms with Crippen LogP contribution in [0.3, 0.4) is 0 Å². The van der Waals surface area contributed by atoms with Crippen LogP contribution in [0.25, 0.3) is 0 Å². The van der Waals surface area contributed by atoms with E-state index >= 15 is 0 Å². The Kier molecular flexibility index (Phi) is 4.74. The lowest BCUT2D eigenvalue weighted by Crippen LogP contribution is -2.35. The van der Waals surface area contributed by atoms with Crippen LogP contribution in [0.4, 0.5) is 4.39 Å². The molecule has 1 aromatic rings. The van der Waals surface area contributed by atoms with E-state index in [2.05, 4.69) is 10.6 Å². The molecule has 19 heavy (non-hydrogen) atoms. The largest absolute Gasteiger partial charge is 0.494 e. The van der Waals surface area contributed by atoms with Gasteiger partial charge in [0.25, 0.3) is 0 Å². The minimum Gasteiger partial charge on any atom is -0.494 e. The van der Waals surface area contributed by atoms with Crippen molar-refractivity contribution in [3.05, 3.63) is 29.6 Å². The lowest BCUT2D eigenvalue weighted by molar-refractivity contribution is -0.120. The van der Waals surface area contributed by atoms with Crippen LogP contribution in [-0.4, -0.2) is 32.1 Å². The Morgan fingerprint density at radius 2 is 2.26 bits per heavy atom. The molecule has 1 saturated carbocycles. The number of carbonyl (C=O) groups excluding carboxylic acids is 1. The molecule has 104 valence electrons. The molecule has 0 saturated heterocycles. The summed E-state index contributed by atoms with van der Waals surface area (Å²) in [6.45, 7) is 0.874. The fourth-order valence-electron chi connectivity index (χ4n) is 1.80. The zero-order chi connectivity index (χ0) is 13.7. The molecule has 0 radical (unpaired) electrons. The van der Waals surface area contributed by atoms with Crippen LogP contribution < -0.4 is 15.4 Å². The molecule has 1 aliphatic rings. The summed E-state index contributed by atoms with van der Waals surface area (Å²) < 4.78 is 18.3. The molecule has 0 atom stereocenters. The van der Waals surface area contributed by atoms with Gasteiger partial charge in [-0.3, -0.25) is 4.79 Å². The van der Waals surface area contributed by atoms with Crippen molar-refractivity contribution >= 4 is 5.91 Å². The first kappa shape index (κ1) is 13.8. The number of halogens is 1. The number of carbonyl (C=O) groups is 1. The van der Waals surface area contributed by atoms with Gasteiger partial charge < -0.3 is 15.4 Å². The molecule has 0 aromatic heterocycles. The standard InChI is InChI=1S/C14H19FN2O2/c1-19-13-5-2-10(8-12(13)15)6-7-16-14(18)9-17-11-3-4-11/h2,5,8,11,17H,3-4,6-7,9H2,1H3,(H,16,18). The average Bonchev–Trinajstić information content (AvgIpc) is 3.21. The first-order chi connectivity index (χ1) is 9.19. The van der Waals surface area contributed by atoms with Crippen molar-refractivity contribution in [3.8, 4) is 5.75 Å². The number of benzene rings is 1. The third kappa shape index (κ3) is 4.52. The van der Waals surface area contributed by atoms with E-state index < -0.39 is 0 Å². The fraction of sp³-hybridized carbons (Fsp3) is 0.500. The van der Waals surface area contributed by atoms with Crippen molar-refractivity contribution in [1.29, 1.82) is 0 Å². The summed E-state index contributed by atoms with van der Waals surface area (Å²) in [6, 6.07) is 5.37. The van der Waals surface area contributed by atoms with Gasteiger partial charge in [-0.2, -0.15) is 0 Å².